The SMILES string of the molecule is Cc1ccc(Cn2cncn2)cc1. The van der Waals surface area contributed by atoms with Crippen LogP contribution < -0.4 is 0 Å². The van der Waals surface area contributed by atoms with Crippen LogP contribution in [-0.4, -0.2) is 14.8 Å². The topological polar surface area (TPSA) is 30.7 Å². The van der Waals surface area contributed by atoms with E-state index in [-0.39, 0.29) is 0 Å². The summed E-state index contributed by atoms with van der Waals surface area (Å²) in [5.74, 6) is 0. The Balaban J connectivity index is 2.15. The van der Waals surface area contributed by atoms with E-state index >= 15 is 0 Å². The number of hydrogen-bond acceptors (Lipinski definition) is 2. The van der Waals surface area contributed by atoms with Gasteiger partial charge in [-0.2, -0.15) is 5.10 Å². The summed E-state index contributed by atoms with van der Waals surface area (Å²) in [5.41, 5.74) is 2.53. The highest BCUT2D eigenvalue weighted by Gasteiger charge is 1.94. The molecule has 0 N–H and O–H groups in total. The second kappa shape index (κ2) is 3.39. The summed E-state index contributed by atoms with van der Waals surface area (Å²) in [4.78, 5) is 3.89. The number of aromatic nitrogens is 3. The maximum Gasteiger partial charge on any atom is 0.137 e. The first-order valence-electron chi connectivity index (χ1n) is 4.22. The maximum atomic E-state index is 4.04. The number of benzene rings is 1. The van der Waals surface area contributed by atoms with Crippen molar-refractivity contribution < 1.29 is 0 Å². The minimum atomic E-state index is 0.792. The summed E-state index contributed by atoms with van der Waals surface area (Å²) in [7, 11) is 0. The molecule has 2 rings (SSSR count). The number of nitrogens with zero attached hydrogens (tertiary/aromatic N) is 3. The first-order chi connectivity index (χ1) is 6.34. The molecule has 66 valence electrons. The Bertz CT molecular complexity index is 362. The van der Waals surface area contributed by atoms with Crippen LogP contribution in [0.4, 0.5) is 0 Å². The van der Waals surface area contributed by atoms with Gasteiger partial charge in [-0.05, 0) is 12.5 Å². The minimum Gasteiger partial charge on any atom is -0.249 e. The number of aryl methyl sites for hydroxylation is 1. The lowest BCUT2D eigenvalue weighted by atomic mass is 10.1. The molecule has 0 aliphatic rings. The van der Waals surface area contributed by atoms with E-state index in [1.807, 2.05) is 4.68 Å². The largest absolute Gasteiger partial charge is 0.249 e. The molecule has 0 fully saturated rings. The van der Waals surface area contributed by atoms with Gasteiger partial charge in [0.05, 0.1) is 6.54 Å². The summed E-state index contributed by atoms with van der Waals surface area (Å²) >= 11 is 0. The van der Waals surface area contributed by atoms with Gasteiger partial charge >= 0.3 is 0 Å². The van der Waals surface area contributed by atoms with Crippen LogP contribution in [0, 0.1) is 6.92 Å². The Kier molecular flexibility index (Phi) is 2.08. The fourth-order valence-electron chi connectivity index (χ4n) is 1.19. The van der Waals surface area contributed by atoms with Gasteiger partial charge in [0.2, 0.25) is 0 Å². The van der Waals surface area contributed by atoms with Gasteiger partial charge < -0.3 is 0 Å². The van der Waals surface area contributed by atoms with Crippen LogP contribution in [0.5, 0.6) is 0 Å². The molecular weight excluding hydrogens is 162 g/mol. The zero-order valence-electron chi connectivity index (χ0n) is 7.51. The monoisotopic (exact) mass is 173 g/mol. The third kappa shape index (κ3) is 1.93. The van der Waals surface area contributed by atoms with Gasteiger partial charge in [0, 0.05) is 0 Å². The summed E-state index contributed by atoms with van der Waals surface area (Å²) < 4.78 is 1.81. The average Bonchev–Trinajstić information content (AvgIpc) is 2.62. The van der Waals surface area contributed by atoms with E-state index in [0.29, 0.717) is 0 Å². The molecule has 0 aliphatic carbocycles. The quantitative estimate of drug-likeness (QED) is 0.691. The molecule has 0 saturated carbocycles. The van der Waals surface area contributed by atoms with E-state index in [1.165, 1.54) is 11.1 Å². The van der Waals surface area contributed by atoms with Gasteiger partial charge in [0.1, 0.15) is 12.7 Å². The lowest BCUT2D eigenvalue weighted by Crippen LogP contribution is -1.99. The number of rotatable bonds is 2. The fraction of sp³-hybridized carbons (Fsp3) is 0.200. The van der Waals surface area contributed by atoms with Crippen molar-refractivity contribution in [3.05, 3.63) is 48.0 Å². The third-order valence-electron chi connectivity index (χ3n) is 1.93. The van der Waals surface area contributed by atoms with E-state index in [1.54, 1.807) is 12.7 Å². The van der Waals surface area contributed by atoms with Crippen molar-refractivity contribution in [3.8, 4) is 0 Å². The summed E-state index contributed by atoms with van der Waals surface area (Å²) in [6, 6.07) is 8.42. The van der Waals surface area contributed by atoms with E-state index in [2.05, 4.69) is 41.3 Å². The van der Waals surface area contributed by atoms with Gasteiger partial charge in [0.25, 0.3) is 0 Å². The van der Waals surface area contributed by atoms with Crippen LogP contribution in [0.25, 0.3) is 0 Å². The lowest BCUT2D eigenvalue weighted by molar-refractivity contribution is 0.685. The predicted octanol–water partition coefficient (Wildman–Crippen LogP) is 1.63. The van der Waals surface area contributed by atoms with Crippen molar-refractivity contribution in [2.75, 3.05) is 0 Å². The second-order valence-electron chi connectivity index (χ2n) is 3.08. The van der Waals surface area contributed by atoms with Gasteiger partial charge in [-0.3, -0.25) is 0 Å². The Morgan fingerprint density at radius 3 is 2.62 bits per heavy atom. The van der Waals surface area contributed by atoms with Crippen LogP contribution in [0.1, 0.15) is 11.1 Å². The van der Waals surface area contributed by atoms with Crippen LogP contribution in [0.15, 0.2) is 36.9 Å². The molecule has 1 aromatic heterocycles. The molecule has 0 saturated heterocycles. The smallest absolute Gasteiger partial charge is 0.137 e. The molecule has 1 heterocycles. The molecule has 3 nitrogen and oxygen atoms in total. The molecule has 13 heavy (non-hydrogen) atoms. The third-order valence-corrected chi connectivity index (χ3v) is 1.93. The lowest BCUT2D eigenvalue weighted by Gasteiger charge is -2.00. The molecule has 0 atom stereocenters. The van der Waals surface area contributed by atoms with Crippen LogP contribution in [0.2, 0.25) is 0 Å². The minimum absolute atomic E-state index is 0.792. The van der Waals surface area contributed by atoms with E-state index in [0.717, 1.165) is 6.54 Å². The standard InChI is InChI=1S/C10H11N3/c1-9-2-4-10(5-3-9)6-13-8-11-7-12-13/h2-5,7-8H,6H2,1H3. The Morgan fingerprint density at radius 1 is 1.23 bits per heavy atom. The van der Waals surface area contributed by atoms with Gasteiger partial charge in [-0.25, -0.2) is 9.67 Å². The summed E-state index contributed by atoms with van der Waals surface area (Å²) in [6.07, 6.45) is 3.27. The molecule has 0 radical (unpaired) electrons. The zero-order chi connectivity index (χ0) is 9.10. The van der Waals surface area contributed by atoms with Crippen molar-refractivity contribution in [1.29, 1.82) is 0 Å². The summed E-state index contributed by atoms with van der Waals surface area (Å²) in [6.45, 7) is 2.87. The van der Waals surface area contributed by atoms with Crippen molar-refractivity contribution in [1.82, 2.24) is 14.8 Å². The normalized spacial score (nSPS) is 10.2. The molecular formula is C10H11N3. The van der Waals surface area contributed by atoms with Crippen molar-refractivity contribution >= 4 is 0 Å². The van der Waals surface area contributed by atoms with E-state index in [9.17, 15) is 0 Å². The van der Waals surface area contributed by atoms with Gasteiger partial charge in [-0.15, -0.1) is 0 Å². The van der Waals surface area contributed by atoms with Crippen molar-refractivity contribution in [2.24, 2.45) is 0 Å². The Hall–Kier alpha value is -1.64. The second-order valence-corrected chi connectivity index (χ2v) is 3.08. The predicted molar refractivity (Wildman–Crippen MR) is 50.3 cm³/mol. The Morgan fingerprint density at radius 2 is 2.00 bits per heavy atom. The Labute approximate surface area is 77.0 Å². The first-order valence-corrected chi connectivity index (χ1v) is 4.22. The van der Waals surface area contributed by atoms with E-state index < -0.39 is 0 Å². The van der Waals surface area contributed by atoms with Gasteiger partial charge in [0.15, 0.2) is 0 Å². The molecule has 2 aromatic rings. The fourth-order valence-corrected chi connectivity index (χ4v) is 1.19. The molecule has 0 unspecified atom stereocenters. The van der Waals surface area contributed by atoms with Crippen molar-refractivity contribution in [3.63, 3.8) is 0 Å². The number of hydrogen-bond donors (Lipinski definition) is 0. The summed E-state index contributed by atoms with van der Waals surface area (Å²) in [5, 5.41) is 4.04. The highest BCUT2D eigenvalue weighted by molar-refractivity contribution is 5.21. The molecule has 0 bridgehead atoms. The maximum absolute atomic E-state index is 4.04. The van der Waals surface area contributed by atoms with E-state index in [4.69, 9.17) is 0 Å². The molecule has 1 aromatic carbocycles. The van der Waals surface area contributed by atoms with Crippen LogP contribution in [0.3, 0.4) is 0 Å². The molecule has 0 spiro atoms. The molecule has 3 heteroatoms. The van der Waals surface area contributed by atoms with Crippen molar-refractivity contribution in [2.45, 2.75) is 13.5 Å². The zero-order valence-corrected chi connectivity index (χ0v) is 7.51. The van der Waals surface area contributed by atoms with Gasteiger partial charge in [-0.1, -0.05) is 29.8 Å². The molecule has 0 amide bonds. The van der Waals surface area contributed by atoms with Crippen LogP contribution >= 0.6 is 0 Å². The average molecular weight is 173 g/mol. The first kappa shape index (κ1) is 7.98. The molecule has 0 aliphatic heterocycles. The highest BCUT2D eigenvalue weighted by Crippen LogP contribution is 2.03. The van der Waals surface area contributed by atoms with Crippen LogP contribution in [-0.2, 0) is 6.54 Å². The highest BCUT2D eigenvalue weighted by atomic mass is 15.3.